The Hall–Kier alpha value is -5.08. The fourth-order valence-corrected chi connectivity index (χ4v) is 6.61. The molecule has 0 saturated heterocycles. The zero-order chi connectivity index (χ0) is 27.6. The molecule has 8 rings (SSSR count). The number of rotatable bonds is 4. The molecule has 1 aliphatic carbocycles. The van der Waals surface area contributed by atoms with E-state index in [1.54, 1.807) is 0 Å². The Bertz CT molecular complexity index is 2050. The highest BCUT2D eigenvalue weighted by Crippen LogP contribution is 2.55. The maximum Gasteiger partial charge on any atom is 0.136 e. The van der Waals surface area contributed by atoms with Crippen LogP contribution in [0.25, 0.3) is 44.2 Å². The van der Waals surface area contributed by atoms with Crippen molar-refractivity contribution in [3.05, 3.63) is 151 Å². The van der Waals surface area contributed by atoms with Crippen LogP contribution in [0.15, 0.2) is 144 Å². The molecular formula is C39H29NO. The van der Waals surface area contributed by atoms with E-state index in [1.807, 2.05) is 6.07 Å². The van der Waals surface area contributed by atoms with Gasteiger partial charge in [-0.2, -0.15) is 0 Å². The summed E-state index contributed by atoms with van der Waals surface area (Å²) in [5.41, 5.74) is 12.8. The monoisotopic (exact) mass is 527 g/mol. The van der Waals surface area contributed by atoms with Crippen LogP contribution < -0.4 is 4.90 Å². The van der Waals surface area contributed by atoms with Crippen LogP contribution in [0.5, 0.6) is 0 Å². The van der Waals surface area contributed by atoms with E-state index in [-0.39, 0.29) is 5.41 Å². The number of fused-ring (bicyclic) bond motifs is 6. The van der Waals surface area contributed by atoms with Crippen molar-refractivity contribution in [2.45, 2.75) is 19.3 Å². The molecule has 7 aromatic rings. The molecule has 2 heteroatoms. The summed E-state index contributed by atoms with van der Waals surface area (Å²) < 4.78 is 6.37. The molecule has 0 unspecified atom stereocenters. The van der Waals surface area contributed by atoms with Gasteiger partial charge in [0.1, 0.15) is 11.2 Å². The SMILES string of the molecule is CC1(C)c2cc3c(cc2-c2c(N(c4ccccc4)c4ccc(-c5ccccc5)cc4)cccc21)oc1ccccc13. The molecule has 1 heterocycles. The highest BCUT2D eigenvalue weighted by Gasteiger charge is 2.38. The smallest absolute Gasteiger partial charge is 0.136 e. The van der Waals surface area contributed by atoms with Gasteiger partial charge in [-0.05, 0) is 76.3 Å². The summed E-state index contributed by atoms with van der Waals surface area (Å²) in [6.07, 6.45) is 0. The van der Waals surface area contributed by atoms with Crippen LogP contribution in [-0.4, -0.2) is 0 Å². The first-order valence-electron chi connectivity index (χ1n) is 14.2. The van der Waals surface area contributed by atoms with E-state index < -0.39 is 0 Å². The van der Waals surface area contributed by atoms with Gasteiger partial charge in [-0.25, -0.2) is 0 Å². The van der Waals surface area contributed by atoms with E-state index in [1.165, 1.54) is 49.8 Å². The van der Waals surface area contributed by atoms with Gasteiger partial charge < -0.3 is 9.32 Å². The summed E-state index contributed by atoms with van der Waals surface area (Å²) in [7, 11) is 0. The Labute approximate surface area is 240 Å². The minimum absolute atomic E-state index is 0.146. The van der Waals surface area contributed by atoms with Crippen LogP contribution in [0, 0.1) is 0 Å². The number of benzene rings is 6. The van der Waals surface area contributed by atoms with Crippen molar-refractivity contribution < 1.29 is 4.42 Å². The Morgan fingerprint density at radius 3 is 1.95 bits per heavy atom. The number of hydrogen-bond acceptors (Lipinski definition) is 2. The number of anilines is 3. The van der Waals surface area contributed by atoms with Crippen molar-refractivity contribution in [2.75, 3.05) is 4.90 Å². The lowest BCUT2D eigenvalue weighted by Gasteiger charge is -2.29. The van der Waals surface area contributed by atoms with Crippen LogP contribution in [0.4, 0.5) is 17.1 Å². The lowest BCUT2D eigenvalue weighted by molar-refractivity contribution is 0.658. The molecule has 0 fully saturated rings. The van der Waals surface area contributed by atoms with Crippen LogP contribution in [0.3, 0.4) is 0 Å². The van der Waals surface area contributed by atoms with Crippen LogP contribution in [0.2, 0.25) is 0 Å². The van der Waals surface area contributed by atoms with Gasteiger partial charge in [-0.1, -0.05) is 105 Å². The van der Waals surface area contributed by atoms with Gasteiger partial charge in [0.2, 0.25) is 0 Å². The first-order chi connectivity index (χ1) is 20.1. The molecule has 0 aliphatic heterocycles. The lowest BCUT2D eigenvalue weighted by Crippen LogP contribution is -2.16. The largest absolute Gasteiger partial charge is 0.456 e. The summed E-state index contributed by atoms with van der Waals surface area (Å²) in [4.78, 5) is 2.39. The molecule has 0 spiro atoms. The molecular weight excluding hydrogens is 498 g/mol. The summed E-state index contributed by atoms with van der Waals surface area (Å²) in [6, 6.07) is 49.9. The van der Waals surface area contributed by atoms with Crippen LogP contribution in [-0.2, 0) is 5.41 Å². The van der Waals surface area contributed by atoms with E-state index in [2.05, 4.69) is 152 Å². The molecule has 0 N–H and O–H groups in total. The van der Waals surface area contributed by atoms with Crippen molar-refractivity contribution in [1.29, 1.82) is 0 Å². The van der Waals surface area contributed by atoms with Crippen LogP contribution >= 0.6 is 0 Å². The van der Waals surface area contributed by atoms with Crippen molar-refractivity contribution in [1.82, 2.24) is 0 Å². The maximum atomic E-state index is 6.37. The zero-order valence-electron chi connectivity index (χ0n) is 23.1. The Morgan fingerprint density at radius 1 is 0.512 bits per heavy atom. The van der Waals surface area contributed by atoms with Crippen LogP contribution in [0.1, 0.15) is 25.0 Å². The van der Waals surface area contributed by atoms with Crippen molar-refractivity contribution in [3.63, 3.8) is 0 Å². The lowest BCUT2D eigenvalue weighted by atomic mass is 9.82. The molecule has 1 aromatic heterocycles. The first kappa shape index (κ1) is 23.8. The van der Waals surface area contributed by atoms with E-state index >= 15 is 0 Å². The van der Waals surface area contributed by atoms with Gasteiger partial charge in [-0.15, -0.1) is 0 Å². The van der Waals surface area contributed by atoms with E-state index in [0.717, 1.165) is 22.5 Å². The third kappa shape index (κ3) is 3.64. The summed E-state index contributed by atoms with van der Waals surface area (Å²) in [5, 5.41) is 2.35. The van der Waals surface area contributed by atoms with Gasteiger partial charge in [-0.3, -0.25) is 0 Å². The molecule has 0 atom stereocenters. The topological polar surface area (TPSA) is 16.4 Å². The number of para-hydroxylation sites is 2. The molecule has 2 nitrogen and oxygen atoms in total. The normalized spacial score (nSPS) is 13.3. The summed E-state index contributed by atoms with van der Waals surface area (Å²) in [6.45, 7) is 4.69. The Balaban J connectivity index is 1.35. The standard InChI is InChI=1S/C39H29NO/c1-39(2)33-17-11-18-35(38(33)32-25-37-31(24-34(32)39)30-16-9-10-19-36(30)41-37)40(28-14-7-4-8-15-28)29-22-20-27(21-23-29)26-12-5-3-6-13-26/h3-25H,1-2H3. The average Bonchev–Trinajstić information content (AvgIpc) is 3.49. The second kappa shape index (κ2) is 8.97. The van der Waals surface area contributed by atoms with Crippen molar-refractivity contribution >= 4 is 39.0 Å². The highest BCUT2D eigenvalue weighted by molar-refractivity contribution is 6.08. The molecule has 196 valence electrons. The maximum absolute atomic E-state index is 6.37. The number of nitrogens with zero attached hydrogens (tertiary/aromatic N) is 1. The second-order valence-corrected chi connectivity index (χ2v) is 11.4. The molecule has 0 saturated carbocycles. The molecule has 41 heavy (non-hydrogen) atoms. The third-order valence-electron chi connectivity index (χ3n) is 8.66. The third-order valence-corrected chi connectivity index (χ3v) is 8.66. The van der Waals surface area contributed by atoms with Gasteiger partial charge in [0.05, 0.1) is 5.69 Å². The van der Waals surface area contributed by atoms with E-state index in [4.69, 9.17) is 4.42 Å². The molecule has 6 aromatic carbocycles. The van der Waals surface area contributed by atoms with E-state index in [0.29, 0.717) is 0 Å². The Kier molecular flexibility index (Phi) is 5.20. The van der Waals surface area contributed by atoms with Gasteiger partial charge in [0, 0.05) is 33.1 Å². The van der Waals surface area contributed by atoms with E-state index in [9.17, 15) is 0 Å². The number of hydrogen-bond donors (Lipinski definition) is 0. The first-order valence-corrected chi connectivity index (χ1v) is 14.2. The number of furan rings is 1. The summed E-state index contributed by atoms with van der Waals surface area (Å²) >= 11 is 0. The van der Waals surface area contributed by atoms with Gasteiger partial charge >= 0.3 is 0 Å². The Morgan fingerprint density at radius 2 is 1.17 bits per heavy atom. The van der Waals surface area contributed by atoms with Gasteiger partial charge in [0.25, 0.3) is 0 Å². The molecule has 0 bridgehead atoms. The predicted octanol–water partition coefficient (Wildman–Crippen LogP) is 11.0. The minimum atomic E-state index is -0.146. The second-order valence-electron chi connectivity index (χ2n) is 11.4. The fourth-order valence-electron chi connectivity index (χ4n) is 6.61. The van der Waals surface area contributed by atoms with Gasteiger partial charge in [0.15, 0.2) is 0 Å². The molecule has 0 amide bonds. The molecule has 0 radical (unpaired) electrons. The minimum Gasteiger partial charge on any atom is -0.456 e. The van der Waals surface area contributed by atoms with Crippen molar-refractivity contribution in [3.8, 4) is 22.3 Å². The van der Waals surface area contributed by atoms with Crippen molar-refractivity contribution in [2.24, 2.45) is 0 Å². The molecule has 1 aliphatic rings. The zero-order valence-corrected chi connectivity index (χ0v) is 23.1. The average molecular weight is 528 g/mol. The predicted molar refractivity (Wildman–Crippen MR) is 171 cm³/mol. The fraction of sp³-hybridized carbons (Fsp3) is 0.0769. The summed E-state index contributed by atoms with van der Waals surface area (Å²) in [5.74, 6) is 0. The quantitative estimate of drug-likeness (QED) is 0.226. The highest BCUT2D eigenvalue weighted by atomic mass is 16.3.